The third-order valence-corrected chi connectivity index (χ3v) is 6.44. The van der Waals surface area contributed by atoms with Crippen LogP contribution in [-0.4, -0.2) is 16.8 Å². The zero-order chi connectivity index (χ0) is 24.0. The van der Waals surface area contributed by atoms with Crippen molar-refractivity contribution >= 4 is 33.9 Å². The van der Waals surface area contributed by atoms with Crippen LogP contribution in [-0.2, 0) is 9.59 Å². The van der Waals surface area contributed by atoms with Gasteiger partial charge in [0.05, 0.1) is 11.6 Å². The zero-order valence-corrected chi connectivity index (χ0v) is 18.7. The first-order valence-corrected chi connectivity index (χ1v) is 11.0. The van der Waals surface area contributed by atoms with Crippen LogP contribution < -0.4 is 4.90 Å². The third kappa shape index (κ3) is 3.46. The summed E-state index contributed by atoms with van der Waals surface area (Å²) in [6.07, 6.45) is 0. The number of fused-ring (bicyclic) bond motifs is 1. The summed E-state index contributed by atoms with van der Waals surface area (Å²) in [6.45, 7) is 3.89. The first-order valence-electron chi connectivity index (χ1n) is 11.0. The monoisotopic (exact) mass is 451 g/mol. The topological polar surface area (TPSA) is 57.6 Å². The van der Waals surface area contributed by atoms with Gasteiger partial charge in [0.2, 0.25) is 0 Å². The Kier molecular flexibility index (Phi) is 5.25. The van der Waals surface area contributed by atoms with Gasteiger partial charge >= 0.3 is 0 Å². The molecule has 0 bridgehead atoms. The van der Waals surface area contributed by atoms with Gasteiger partial charge in [-0.15, -0.1) is 0 Å². The maximum atomic E-state index is 13.7. The van der Waals surface area contributed by atoms with Crippen molar-refractivity contribution < 1.29 is 19.1 Å². The quantitative estimate of drug-likeness (QED) is 0.228. The number of hydrogen-bond donors (Lipinski definition) is 1. The van der Waals surface area contributed by atoms with Crippen LogP contribution in [0.25, 0.3) is 16.5 Å². The van der Waals surface area contributed by atoms with E-state index in [2.05, 4.69) is 0 Å². The van der Waals surface area contributed by atoms with Crippen molar-refractivity contribution in [2.45, 2.75) is 19.9 Å². The lowest BCUT2D eigenvalue weighted by atomic mass is 9.93. The minimum atomic E-state index is -0.901. The maximum absolute atomic E-state index is 13.7. The lowest BCUT2D eigenvalue weighted by molar-refractivity contribution is -0.132. The molecular weight excluding hydrogens is 429 g/mol. The van der Waals surface area contributed by atoms with E-state index < -0.39 is 23.5 Å². The maximum Gasteiger partial charge on any atom is 0.300 e. The Labute approximate surface area is 196 Å². The number of halogens is 1. The number of carbonyl (C=O) groups is 2. The number of aryl methyl sites for hydroxylation is 2. The highest BCUT2D eigenvalue weighted by atomic mass is 19.1. The van der Waals surface area contributed by atoms with E-state index in [4.69, 9.17) is 0 Å². The molecule has 4 aromatic carbocycles. The molecule has 5 heteroatoms. The number of amides is 1. The summed E-state index contributed by atoms with van der Waals surface area (Å²) in [4.78, 5) is 28.1. The largest absolute Gasteiger partial charge is 0.507 e. The number of ketones is 1. The SMILES string of the molecule is Cc1ccc(N2C(=O)C(=O)/C(=C(\O)c3cccc4ccccc34)C2c2ccc(F)cc2)cc1C. The number of rotatable bonds is 3. The van der Waals surface area contributed by atoms with Crippen molar-refractivity contribution in [2.24, 2.45) is 0 Å². The molecular formula is C29H22FNO3. The Morgan fingerprint density at radius 3 is 2.29 bits per heavy atom. The number of aliphatic hydroxyl groups is 1. The van der Waals surface area contributed by atoms with E-state index in [0.717, 1.165) is 21.9 Å². The fraction of sp³-hybridized carbons (Fsp3) is 0.103. The van der Waals surface area contributed by atoms with Crippen molar-refractivity contribution in [1.29, 1.82) is 0 Å². The molecule has 4 nitrogen and oxygen atoms in total. The van der Waals surface area contributed by atoms with Gasteiger partial charge < -0.3 is 5.11 Å². The van der Waals surface area contributed by atoms with E-state index in [-0.39, 0.29) is 11.3 Å². The number of aliphatic hydroxyl groups excluding tert-OH is 1. The summed E-state index contributed by atoms with van der Waals surface area (Å²) in [7, 11) is 0. The van der Waals surface area contributed by atoms with Crippen LogP contribution in [0.5, 0.6) is 0 Å². The van der Waals surface area contributed by atoms with Gasteiger partial charge in [0, 0.05) is 11.3 Å². The molecule has 1 heterocycles. The van der Waals surface area contributed by atoms with Crippen molar-refractivity contribution in [3.05, 3.63) is 119 Å². The van der Waals surface area contributed by atoms with E-state index >= 15 is 0 Å². The van der Waals surface area contributed by atoms with Gasteiger partial charge in [-0.25, -0.2) is 4.39 Å². The number of anilines is 1. The average Bonchev–Trinajstić information content (AvgIpc) is 3.11. The Balaban J connectivity index is 1.78. The van der Waals surface area contributed by atoms with Crippen LogP contribution in [0.3, 0.4) is 0 Å². The van der Waals surface area contributed by atoms with Gasteiger partial charge in [0.25, 0.3) is 11.7 Å². The number of nitrogens with zero attached hydrogens (tertiary/aromatic N) is 1. The predicted octanol–water partition coefficient (Wildman–Crippen LogP) is 6.22. The lowest BCUT2D eigenvalue weighted by Gasteiger charge is -2.26. The molecule has 168 valence electrons. The van der Waals surface area contributed by atoms with Gasteiger partial charge in [-0.2, -0.15) is 0 Å². The number of hydrogen-bond acceptors (Lipinski definition) is 3. The molecule has 1 saturated heterocycles. The highest BCUT2D eigenvalue weighted by molar-refractivity contribution is 6.51. The molecule has 1 unspecified atom stereocenters. The van der Waals surface area contributed by atoms with Crippen molar-refractivity contribution in [3.63, 3.8) is 0 Å². The molecule has 0 spiro atoms. The highest BCUT2D eigenvalue weighted by Gasteiger charge is 2.47. The first kappa shape index (κ1) is 21.6. The molecule has 1 fully saturated rings. The molecule has 0 aromatic heterocycles. The second-order valence-corrected chi connectivity index (χ2v) is 8.52. The molecule has 4 aromatic rings. The van der Waals surface area contributed by atoms with Crippen molar-refractivity contribution in [1.82, 2.24) is 0 Å². The minimum absolute atomic E-state index is 0.0220. The van der Waals surface area contributed by atoms with Crippen LogP contribution in [0, 0.1) is 19.7 Å². The normalized spacial score (nSPS) is 17.5. The summed E-state index contributed by atoms with van der Waals surface area (Å²) in [5.41, 5.74) is 3.52. The van der Waals surface area contributed by atoms with Crippen LogP contribution in [0.1, 0.15) is 28.3 Å². The number of benzene rings is 4. The van der Waals surface area contributed by atoms with Gasteiger partial charge in [-0.3, -0.25) is 14.5 Å². The molecule has 1 N–H and O–H groups in total. The Bertz CT molecular complexity index is 1480. The average molecular weight is 451 g/mol. The van der Waals surface area contributed by atoms with E-state index in [1.165, 1.54) is 29.2 Å². The predicted molar refractivity (Wildman–Crippen MR) is 131 cm³/mol. The molecule has 1 aliphatic heterocycles. The molecule has 0 radical (unpaired) electrons. The van der Waals surface area contributed by atoms with Crippen molar-refractivity contribution in [3.8, 4) is 0 Å². The van der Waals surface area contributed by atoms with Crippen LogP contribution in [0.4, 0.5) is 10.1 Å². The summed E-state index contributed by atoms with van der Waals surface area (Å²) in [5, 5.41) is 13.1. The molecule has 0 saturated carbocycles. The first-order chi connectivity index (χ1) is 16.4. The number of carbonyl (C=O) groups excluding carboxylic acids is 2. The van der Waals surface area contributed by atoms with Gasteiger partial charge in [0.1, 0.15) is 11.6 Å². The van der Waals surface area contributed by atoms with Gasteiger partial charge in [-0.1, -0.05) is 60.7 Å². The number of Topliss-reactive ketones (excluding diaryl/α,β-unsaturated/α-hetero) is 1. The van der Waals surface area contributed by atoms with Crippen LogP contribution in [0.2, 0.25) is 0 Å². The van der Waals surface area contributed by atoms with E-state index in [1.54, 1.807) is 18.2 Å². The fourth-order valence-electron chi connectivity index (χ4n) is 4.51. The lowest BCUT2D eigenvalue weighted by Crippen LogP contribution is -2.29. The van der Waals surface area contributed by atoms with Crippen LogP contribution in [0.15, 0.2) is 90.5 Å². The Morgan fingerprint density at radius 1 is 0.853 bits per heavy atom. The van der Waals surface area contributed by atoms with E-state index in [9.17, 15) is 19.1 Å². The molecule has 0 aliphatic carbocycles. The Hall–Kier alpha value is -4.25. The van der Waals surface area contributed by atoms with Gasteiger partial charge in [-0.05, 0) is 65.6 Å². The van der Waals surface area contributed by atoms with Crippen LogP contribution >= 0.6 is 0 Å². The molecule has 5 rings (SSSR count). The van der Waals surface area contributed by atoms with E-state index in [0.29, 0.717) is 16.8 Å². The molecule has 1 amide bonds. The molecule has 1 aliphatic rings. The smallest absolute Gasteiger partial charge is 0.300 e. The Morgan fingerprint density at radius 2 is 1.56 bits per heavy atom. The minimum Gasteiger partial charge on any atom is -0.507 e. The standard InChI is InChI=1S/C29H22FNO3/c1-17-10-15-22(16-18(17)2)31-26(20-11-13-21(30)14-12-20)25(28(33)29(31)34)27(32)24-9-5-7-19-6-3-4-8-23(19)24/h3-16,26,32H,1-2H3/b27-25-. The van der Waals surface area contributed by atoms with Gasteiger partial charge in [0.15, 0.2) is 0 Å². The second kappa shape index (κ2) is 8.27. The summed E-state index contributed by atoms with van der Waals surface area (Å²) < 4.78 is 13.7. The zero-order valence-electron chi connectivity index (χ0n) is 18.7. The van der Waals surface area contributed by atoms with Crippen molar-refractivity contribution in [2.75, 3.05) is 4.90 Å². The molecule has 1 atom stereocenters. The highest BCUT2D eigenvalue weighted by Crippen LogP contribution is 2.43. The third-order valence-electron chi connectivity index (χ3n) is 6.44. The summed E-state index contributed by atoms with van der Waals surface area (Å²) >= 11 is 0. The molecule has 34 heavy (non-hydrogen) atoms. The fourth-order valence-corrected chi connectivity index (χ4v) is 4.51. The summed E-state index contributed by atoms with van der Waals surface area (Å²) in [6, 6.07) is 23.2. The summed E-state index contributed by atoms with van der Waals surface area (Å²) in [5.74, 6) is -2.20. The second-order valence-electron chi connectivity index (χ2n) is 8.52. The van der Waals surface area contributed by atoms with E-state index in [1.807, 2.05) is 56.3 Å².